The van der Waals surface area contributed by atoms with Gasteiger partial charge in [0.25, 0.3) is 0 Å². The molecule has 0 aromatic carbocycles. The van der Waals surface area contributed by atoms with Gasteiger partial charge in [0.2, 0.25) is 11.8 Å². The van der Waals surface area contributed by atoms with Crippen LogP contribution in [0.2, 0.25) is 0 Å². The summed E-state index contributed by atoms with van der Waals surface area (Å²) in [5.41, 5.74) is 0.517. The molecule has 182 valence electrons. The summed E-state index contributed by atoms with van der Waals surface area (Å²) in [4.78, 5) is 23.1. The van der Waals surface area contributed by atoms with E-state index in [0.29, 0.717) is 25.1 Å². The van der Waals surface area contributed by atoms with E-state index in [0.717, 1.165) is 19.3 Å². The fourth-order valence-corrected chi connectivity index (χ4v) is 3.77. The first kappa shape index (κ1) is 29.7. The summed E-state index contributed by atoms with van der Waals surface area (Å²) in [6.45, 7) is 8.76. The summed E-state index contributed by atoms with van der Waals surface area (Å²) in [6, 6.07) is 0. The van der Waals surface area contributed by atoms with Gasteiger partial charge in [-0.1, -0.05) is 116 Å². The second-order valence-electron chi connectivity index (χ2n) is 9.15. The monoisotopic (exact) mass is 436 g/mol. The zero-order valence-corrected chi connectivity index (χ0v) is 20.9. The van der Waals surface area contributed by atoms with Gasteiger partial charge in [0.05, 0.1) is 0 Å². The fraction of sp³-hybridized carbons (Fsp3) is 0.852. The Bertz CT molecular complexity index is 449. The third-order valence-electron chi connectivity index (χ3n) is 5.86. The number of hydrogen-bond acceptors (Lipinski definition) is 2. The van der Waals surface area contributed by atoms with Gasteiger partial charge in [-0.2, -0.15) is 0 Å². The molecule has 0 heterocycles. The largest absolute Gasteiger partial charge is 0.356 e. The number of carbonyl (C=O) groups excluding carboxylic acids is 2. The van der Waals surface area contributed by atoms with E-state index in [1.54, 1.807) is 6.92 Å². The Kier molecular flexibility index (Phi) is 22.4. The fourth-order valence-electron chi connectivity index (χ4n) is 3.77. The topological polar surface area (TPSA) is 58.2 Å². The lowest BCUT2D eigenvalue weighted by Gasteiger charge is -2.07. The second-order valence-corrected chi connectivity index (χ2v) is 9.15. The Balaban J connectivity index is 3.19. The van der Waals surface area contributed by atoms with Crippen LogP contribution in [0, 0.1) is 0 Å². The standard InChI is InChI=1S/C27H52N2O2/c1-4-5-6-7-8-9-10-11-12-13-14-15-16-17-18-19-20-22-26(30)28-23-21-24-29-27(31)25(2)3/h2,4-24H2,1,3H3,(H,28,30)(H,29,31). The van der Waals surface area contributed by atoms with E-state index in [4.69, 9.17) is 0 Å². The van der Waals surface area contributed by atoms with Crippen molar-refractivity contribution in [1.29, 1.82) is 0 Å². The Hall–Kier alpha value is -1.32. The Morgan fingerprint density at radius 2 is 0.968 bits per heavy atom. The Morgan fingerprint density at radius 1 is 0.581 bits per heavy atom. The number of unbranched alkanes of at least 4 members (excludes halogenated alkanes) is 16. The van der Waals surface area contributed by atoms with Gasteiger partial charge in [-0.15, -0.1) is 0 Å². The van der Waals surface area contributed by atoms with Crippen molar-refractivity contribution in [3.63, 3.8) is 0 Å². The number of nitrogens with one attached hydrogen (secondary N) is 2. The highest BCUT2D eigenvalue weighted by molar-refractivity contribution is 5.92. The van der Waals surface area contributed by atoms with E-state index in [9.17, 15) is 9.59 Å². The van der Waals surface area contributed by atoms with E-state index in [-0.39, 0.29) is 11.8 Å². The summed E-state index contributed by atoms with van der Waals surface area (Å²) in [5.74, 6) is 0.0158. The zero-order valence-electron chi connectivity index (χ0n) is 20.9. The maximum Gasteiger partial charge on any atom is 0.246 e. The predicted molar refractivity (Wildman–Crippen MR) is 134 cm³/mol. The molecule has 0 spiro atoms. The van der Waals surface area contributed by atoms with Crippen molar-refractivity contribution >= 4 is 11.8 Å². The van der Waals surface area contributed by atoms with Crippen LogP contribution in [-0.4, -0.2) is 24.9 Å². The van der Waals surface area contributed by atoms with Gasteiger partial charge >= 0.3 is 0 Å². The molecule has 0 saturated heterocycles. The normalized spacial score (nSPS) is 10.8. The third kappa shape index (κ3) is 23.2. The molecule has 0 saturated carbocycles. The highest BCUT2D eigenvalue weighted by Gasteiger charge is 2.02. The summed E-state index contributed by atoms with van der Waals surface area (Å²) in [7, 11) is 0. The van der Waals surface area contributed by atoms with Gasteiger partial charge < -0.3 is 10.6 Å². The van der Waals surface area contributed by atoms with Gasteiger partial charge in [-0.25, -0.2) is 0 Å². The molecule has 0 rings (SSSR count). The van der Waals surface area contributed by atoms with E-state index in [2.05, 4.69) is 24.1 Å². The lowest BCUT2D eigenvalue weighted by molar-refractivity contribution is -0.121. The molecule has 4 heteroatoms. The molecule has 0 fully saturated rings. The maximum atomic E-state index is 11.8. The van der Waals surface area contributed by atoms with Crippen molar-refractivity contribution in [3.8, 4) is 0 Å². The number of rotatable bonds is 23. The molecule has 0 aliphatic carbocycles. The van der Waals surface area contributed by atoms with Crippen molar-refractivity contribution in [2.75, 3.05) is 13.1 Å². The molecule has 0 radical (unpaired) electrons. The van der Waals surface area contributed by atoms with Crippen molar-refractivity contribution in [2.45, 2.75) is 136 Å². The molecule has 2 N–H and O–H groups in total. The second kappa shape index (κ2) is 23.3. The van der Waals surface area contributed by atoms with E-state index < -0.39 is 0 Å². The molecule has 0 aromatic rings. The Morgan fingerprint density at radius 3 is 1.39 bits per heavy atom. The van der Waals surface area contributed by atoms with Gasteiger partial charge in [-0.3, -0.25) is 9.59 Å². The number of carbonyl (C=O) groups is 2. The molecule has 0 aliphatic heterocycles. The molecule has 31 heavy (non-hydrogen) atoms. The minimum atomic E-state index is -0.116. The van der Waals surface area contributed by atoms with Crippen LogP contribution in [0.1, 0.15) is 136 Å². The molecule has 0 aromatic heterocycles. The first-order valence-corrected chi connectivity index (χ1v) is 13.3. The van der Waals surface area contributed by atoms with Gasteiger partial charge in [0.15, 0.2) is 0 Å². The predicted octanol–water partition coefficient (Wildman–Crippen LogP) is 7.23. The highest BCUT2D eigenvalue weighted by atomic mass is 16.2. The Labute approximate surface area is 193 Å². The van der Waals surface area contributed by atoms with Crippen LogP contribution in [0.25, 0.3) is 0 Å². The molecular weight excluding hydrogens is 384 g/mol. The highest BCUT2D eigenvalue weighted by Crippen LogP contribution is 2.14. The SMILES string of the molecule is C=C(C)C(=O)NCCCNC(=O)CCCCCCCCCCCCCCCCCCC. The van der Waals surface area contributed by atoms with Crippen LogP contribution >= 0.6 is 0 Å². The van der Waals surface area contributed by atoms with Gasteiger partial charge in [0.1, 0.15) is 0 Å². The first-order valence-electron chi connectivity index (χ1n) is 13.3. The number of hydrogen-bond donors (Lipinski definition) is 2. The zero-order chi connectivity index (χ0) is 23.0. The van der Waals surface area contributed by atoms with Crippen molar-refractivity contribution in [1.82, 2.24) is 10.6 Å². The third-order valence-corrected chi connectivity index (χ3v) is 5.86. The van der Waals surface area contributed by atoms with E-state index in [1.165, 1.54) is 96.3 Å². The molecule has 0 atom stereocenters. The van der Waals surface area contributed by atoms with Crippen molar-refractivity contribution < 1.29 is 9.59 Å². The van der Waals surface area contributed by atoms with Crippen LogP contribution in [0.5, 0.6) is 0 Å². The quantitative estimate of drug-likeness (QED) is 0.131. The first-order chi connectivity index (χ1) is 15.1. The molecule has 0 bridgehead atoms. The van der Waals surface area contributed by atoms with Crippen LogP contribution in [0.3, 0.4) is 0 Å². The van der Waals surface area contributed by atoms with Crippen LogP contribution < -0.4 is 10.6 Å². The van der Waals surface area contributed by atoms with E-state index in [1.807, 2.05) is 0 Å². The van der Waals surface area contributed by atoms with Crippen LogP contribution in [-0.2, 0) is 9.59 Å². The van der Waals surface area contributed by atoms with Gasteiger partial charge in [0, 0.05) is 25.1 Å². The minimum Gasteiger partial charge on any atom is -0.356 e. The smallest absolute Gasteiger partial charge is 0.246 e. The summed E-state index contributed by atoms with van der Waals surface area (Å²) >= 11 is 0. The maximum absolute atomic E-state index is 11.8. The van der Waals surface area contributed by atoms with E-state index >= 15 is 0 Å². The summed E-state index contributed by atoms with van der Waals surface area (Å²) < 4.78 is 0. The minimum absolute atomic E-state index is 0.116. The van der Waals surface area contributed by atoms with Crippen molar-refractivity contribution in [2.24, 2.45) is 0 Å². The molecular formula is C27H52N2O2. The van der Waals surface area contributed by atoms with Gasteiger partial charge in [-0.05, 0) is 19.8 Å². The molecule has 0 unspecified atom stereocenters. The van der Waals surface area contributed by atoms with Crippen LogP contribution in [0.4, 0.5) is 0 Å². The molecule has 4 nitrogen and oxygen atoms in total. The lowest BCUT2D eigenvalue weighted by Crippen LogP contribution is -2.29. The average Bonchev–Trinajstić information content (AvgIpc) is 2.75. The molecule has 2 amide bonds. The number of amides is 2. The average molecular weight is 437 g/mol. The van der Waals surface area contributed by atoms with Crippen molar-refractivity contribution in [3.05, 3.63) is 12.2 Å². The summed E-state index contributed by atoms with van der Waals surface area (Å²) in [6.07, 6.45) is 24.4. The summed E-state index contributed by atoms with van der Waals surface area (Å²) in [5, 5.41) is 5.70. The lowest BCUT2D eigenvalue weighted by atomic mass is 10.0. The molecule has 0 aliphatic rings. The van der Waals surface area contributed by atoms with Crippen LogP contribution in [0.15, 0.2) is 12.2 Å².